The number of nitro groups is 1. The Bertz CT molecular complexity index is 536. The normalized spacial score (nSPS) is 21.7. The van der Waals surface area contributed by atoms with Crippen molar-refractivity contribution >= 4 is 43.5 Å². The second kappa shape index (κ2) is 6.67. The molecule has 0 aliphatic heterocycles. The largest absolute Gasteiger partial charge is 0.352 e. The molecule has 0 saturated heterocycles. The van der Waals surface area contributed by atoms with Crippen LogP contribution < -0.4 is 5.32 Å². The minimum Gasteiger partial charge on any atom is -0.352 e. The molecule has 0 bridgehead atoms. The first-order chi connectivity index (χ1) is 9.45. The Morgan fingerprint density at radius 2 is 2.15 bits per heavy atom. The smallest absolute Gasteiger partial charge is 0.271 e. The molecule has 1 N–H and O–H groups in total. The molecule has 2 rings (SSSR count). The highest BCUT2D eigenvalue weighted by Gasteiger charge is 2.23. The van der Waals surface area contributed by atoms with Gasteiger partial charge in [0.25, 0.3) is 11.6 Å². The van der Waals surface area contributed by atoms with Gasteiger partial charge in [-0.3, -0.25) is 14.9 Å². The van der Waals surface area contributed by atoms with Gasteiger partial charge in [-0.2, -0.15) is 0 Å². The maximum Gasteiger partial charge on any atom is 0.271 e. The number of carbonyl (C=O) groups is 1. The zero-order chi connectivity index (χ0) is 14.7. The maximum atomic E-state index is 12.0. The highest BCUT2D eigenvalue weighted by molar-refractivity contribution is 9.10. The van der Waals surface area contributed by atoms with Crippen LogP contribution in [-0.4, -0.2) is 22.2 Å². The van der Waals surface area contributed by atoms with Crippen molar-refractivity contribution in [3.63, 3.8) is 0 Å². The fraction of sp³-hybridized carbons (Fsp3) is 0.462. The molecule has 5 nitrogen and oxygen atoms in total. The van der Waals surface area contributed by atoms with E-state index in [1.165, 1.54) is 12.1 Å². The van der Waals surface area contributed by atoms with Gasteiger partial charge in [-0.05, 0) is 31.2 Å². The molecule has 0 heterocycles. The Hall–Kier alpha value is -0.950. The van der Waals surface area contributed by atoms with E-state index >= 15 is 0 Å². The monoisotopic (exact) mass is 404 g/mol. The van der Waals surface area contributed by atoms with Crippen LogP contribution in [0.5, 0.6) is 0 Å². The standard InChI is InChI=1S/C13H14Br2N2O3/c14-10-2-1-8(3-10)7-16-13(18)9-4-11(15)6-12(5-9)17(19)20/h4-6,8,10H,1-3,7H2,(H,16,18). The van der Waals surface area contributed by atoms with Gasteiger partial charge in [-0.25, -0.2) is 0 Å². The summed E-state index contributed by atoms with van der Waals surface area (Å²) < 4.78 is 0.526. The first kappa shape index (κ1) is 15.4. The second-order valence-electron chi connectivity index (χ2n) is 4.94. The van der Waals surface area contributed by atoms with Gasteiger partial charge in [0.2, 0.25) is 0 Å². The summed E-state index contributed by atoms with van der Waals surface area (Å²) in [6, 6.07) is 4.26. The lowest BCUT2D eigenvalue weighted by Gasteiger charge is -2.11. The van der Waals surface area contributed by atoms with Gasteiger partial charge in [0.05, 0.1) is 4.92 Å². The third-order valence-corrected chi connectivity index (χ3v) is 4.67. The van der Waals surface area contributed by atoms with Gasteiger partial charge >= 0.3 is 0 Å². The van der Waals surface area contributed by atoms with Crippen molar-refractivity contribution in [1.29, 1.82) is 0 Å². The zero-order valence-electron chi connectivity index (χ0n) is 10.6. The average molecular weight is 406 g/mol. The van der Waals surface area contributed by atoms with E-state index in [4.69, 9.17) is 0 Å². The van der Waals surface area contributed by atoms with Crippen molar-refractivity contribution in [2.75, 3.05) is 6.54 Å². The Labute approximate surface area is 133 Å². The van der Waals surface area contributed by atoms with Crippen molar-refractivity contribution in [3.05, 3.63) is 38.3 Å². The number of carbonyl (C=O) groups excluding carboxylic acids is 1. The molecule has 108 valence electrons. The predicted molar refractivity (Wildman–Crippen MR) is 83.2 cm³/mol. The summed E-state index contributed by atoms with van der Waals surface area (Å²) in [6.45, 7) is 0.612. The number of alkyl halides is 1. The molecule has 20 heavy (non-hydrogen) atoms. The van der Waals surface area contributed by atoms with Gasteiger partial charge in [-0.1, -0.05) is 31.9 Å². The Morgan fingerprint density at radius 3 is 2.75 bits per heavy atom. The van der Waals surface area contributed by atoms with Crippen LogP contribution >= 0.6 is 31.9 Å². The summed E-state index contributed by atoms with van der Waals surface area (Å²) in [7, 11) is 0. The number of rotatable bonds is 4. The number of halogens is 2. The summed E-state index contributed by atoms with van der Waals surface area (Å²) >= 11 is 6.76. The molecule has 1 aliphatic rings. The lowest BCUT2D eigenvalue weighted by Crippen LogP contribution is -2.28. The van der Waals surface area contributed by atoms with E-state index in [9.17, 15) is 14.9 Å². The summed E-state index contributed by atoms with van der Waals surface area (Å²) in [5.74, 6) is 0.206. The van der Waals surface area contributed by atoms with Gasteiger partial charge in [0.15, 0.2) is 0 Å². The molecule has 1 saturated carbocycles. The average Bonchev–Trinajstić information content (AvgIpc) is 2.81. The third-order valence-electron chi connectivity index (χ3n) is 3.38. The first-order valence-electron chi connectivity index (χ1n) is 6.33. The molecule has 2 unspecified atom stereocenters. The summed E-state index contributed by atoms with van der Waals surface area (Å²) in [4.78, 5) is 22.9. The van der Waals surface area contributed by atoms with E-state index in [-0.39, 0.29) is 11.6 Å². The first-order valence-corrected chi connectivity index (χ1v) is 8.04. The molecule has 1 aromatic rings. The molecule has 1 fully saturated rings. The molecule has 0 aromatic heterocycles. The van der Waals surface area contributed by atoms with Crippen LogP contribution in [0.25, 0.3) is 0 Å². The van der Waals surface area contributed by atoms with Crippen LogP contribution in [-0.2, 0) is 0 Å². The third kappa shape index (κ3) is 4.02. The quantitative estimate of drug-likeness (QED) is 0.472. The fourth-order valence-electron chi connectivity index (χ4n) is 2.35. The number of nitrogens with one attached hydrogen (secondary N) is 1. The van der Waals surface area contributed by atoms with Crippen LogP contribution in [0.4, 0.5) is 5.69 Å². The Morgan fingerprint density at radius 1 is 1.40 bits per heavy atom. The molecule has 1 aromatic carbocycles. The minimum atomic E-state index is -0.506. The second-order valence-corrected chi connectivity index (χ2v) is 7.15. The molecule has 0 spiro atoms. The molecular weight excluding hydrogens is 392 g/mol. The van der Waals surface area contributed by atoms with Crippen LogP contribution in [0.15, 0.2) is 22.7 Å². The van der Waals surface area contributed by atoms with E-state index in [1.807, 2.05) is 0 Å². The molecule has 1 aliphatic carbocycles. The van der Waals surface area contributed by atoms with Crippen LogP contribution in [0.1, 0.15) is 29.6 Å². The molecule has 1 amide bonds. The number of nitrogens with zero attached hydrogens (tertiary/aromatic N) is 1. The lowest BCUT2D eigenvalue weighted by molar-refractivity contribution is -0.385. The number of non-ortho nitro benzene ring substituents is 1. The van der Waals surface area contributed by atoms with Crippen LogP contribution in [0, 0.1) is 16.0 Å². The van der Waals surface area contributed by atoms with Crippen molar-refractivity contribution in [2.45, 2.75) is 24.1 Å². The molecule has 0 radical (unpaired) electrons. The zero-order valence-corrected chi connectivity index (χ0v) is 13.8. The van der Waals surface area contributed by atoms with Gasteiger partial charge in [0, 0.05) is 33.5 Å². The van der Waals surface area contributed by atoms with E-state index in [1.54, 1.807) is 6.07 Å². The lowest BCUT2D eigenvalue weighted by atomic mass is 10.1. The highest BCUT2D eigenvalue weighted by Crippen LogP contribution is 2.30. The molecular formula is C13H14Br2N2O3. The van der Waals surface area contributed by atoms with Crippen molar-refractivity contribution in [2.24, 2.45) is 5.92 Å². The number of hydrogen-bond donors (Lipinski definition) is 1. The van der Waals surface area contributed by atoms with Gasteiger partial charge < -0.3 is 5.32 Å². The van der Waals surface area contributed by atoms with Crippen LogP contribution in [0.2, 0.25) is 0 Å². The number of nitro benzene ring substituents is 1. The van der Waals surface area contributed by atoms with Gasteiger partial charge in [0.1, 0.15) is 0 Å². The number of benzene rings is 1. The highest BCUT2D eigenvalue weighted by atomic mass is 79.9. The Balaban J connectivity index is 2.00. The van der Waals surface area contributed by atoms with Crippen molar-refractivity contribution < 1.29 is 9.72 Å². The van der Waals surface area contributed by atoms with E-state index in [0.29, 0.717) is 27.3 Å². The van der Waals surface area contributed by atoms with Crippen LogP contribution in [0.3, 0.4) is 0 Å². The summed E-state index contributed by atoms with van der Waals surface area (Å²) in [6.07, 6.45) is 3.27. The van der Waals surface area contributed by atoms with Gasteiger partial charge in [-0.15, -0.1) is 0 Å². The fourth-order valence-corrected chi connectivity index (χ4v) is 3.62. The molecule has 2 atom stereocenters. The summed E-state index contributed by atoms with van der Waals surface area (Å²) in [5, 5.41) is 13.6. The minimum absolute atomic E-state index is 0.0917. The maximum absolute atomic E-state index is 12.0. The Kier molecular flexibility index (Phi) is 5.15. The van der Waals surface area contributed by atoms with E-state index < -0.39 is 4.92 Å². The SMILES string of the molecule is O=C(NCC1CCC(Br)C1)c1cc(Br)cc([N+](=O)[O-])c1. The van der Waals surface area contributed by atoms with E-state index in [2.05, 4.69) is 37.2 Å². The molecule has 7 heteroatoms. The van der Waals surface area contributed by atoms with E-state index in [0.717, 1.165) is 19.3 Å². The van der Waals surface area contributed by atoms with Crippen molar-refractivity contribution in [1.82, 2.24) is 5.32 Å². The predicted octanol–water partition coefficient (Wildman–Crippen LogP) is 3.65. The number of hydrogen-bond acceptors (Lipinski definition) is 3. The number of amides is 1. The summed E-state index contributed by atoms with van der Waals surface area (Å²) in [5.41, 5.74) is 0.213. The van der Waals surface area contributed by atoms with Crippen molar-refractivity contribution in [3.8, 4) is 0 Å². The topological polar surface area (TPSA) is 72.2 Å².